The van der Waals surface area contributed by atoms with Crippen molar-refractivity contribution in [3.8, 4) is 0 Å². The first-order valence-electron chi connectivity index (χ1n) is 11.7. The van der Waals surface area contributed by atoms with Gasteiger partial charge in [-0.25, -0.2) is 4.79 Å². The predicted molar refractivity (Wildman–Crippen MR) is 120 cm³/mol. The van der Waals surface area contributed by atoms with Crippen LogP contribution in [0.2, 0.25) is 0 Å². The Hall–Kier alpha value is -2.41. The standard InChI is InChI=1S/C25H34N2O5/c1-15-6-9-19-22(18(15)8-7-17-10-12-32-24(17)31)16(2)13-21(28)26-25(19,3)14-27-11-4-5-20(27)23(29)30/h7-8,10,16,18-20,22H,1,4-6,9,11-14H2,2-3H3,(H,26,28)(H,29,30)/b8-7+/t16-,18-,19-,20-,22-,25-/m0/s1. The van der Waals surface area contributed by atoms with Gasteiger partial charge in [0.05, 0.1) is 11.1 Å². The zero-order valence-corrected chi connectivity index (χ0v) is 19.0. The molecule has 7 heteroatoms. The summed E-state index contributed by atoms with van der Waals surface area (Å²) in [5.74, 6) is -0.500. The van der Waals surface area contributed by atoms with Gasteiger partial charge in [0.15, 0.2) is 0 Å². The number of carbonyl (C=O) groups is 3. The minimum atomic E-state index is -0.787. The topological polar surface area (TPSA) is 95.9 Å². The molecule has 0 spiro atoms. The molecular weight excluding hydrogens is 408 g/mol. The number of hydrogen-bond donors (Lipinski definition) is 2. The zero-order chi connectivity index (χ0) is 23.0. The molecule has 1 amide bonds. The van der Waals surface area contributed by atoms with E-state index in [1.165, 1.54) is 0 Å². The van der Waals surface area contributed by atoms with Crippen molar-refractivity contribution in [1.29, 1.82) is 0 Å². The molecule has 3 fully saturated rings. The van der Waals surface area contributed by atoms with Crippen molar-refractivity contribution in [2.24, 2.45) is 23.7 Å². The van der Waals surface area contributed by atoms with Gasteiger partial charge in [-0.3, -0.25) is 14.5 Å². The van der Waals surface area contributed by atoms with Crippen molar-refractivity contribution in [3.63, 3.8) is 0 Å². The molecular formula is C25H34N2O5. The number of allylic oxidation sites excluding steroid dienone is 2. The molecule has 2 saturated heterocycles. The van der Waals surface area contributed by atoms with Crippen LogP contribution in [0.25, 0.3) is 0 Å². The van der Waals surface area contributed by atoms with Gasteiger partial charge in [0.2, 0.25) is 5.91 Å². The summed E-state index contributed by atoms with van der Waals surface area (Å²) in [5.41, 5.74) is 1.17. The van der Waals surface area contributed by atoms with E-state index in [2.05, 4.69) is 31.8 Å². The maximum Gasteiger partial charge on any atom is 0.338 e. The largest absolute Gasteiger partial charge is 0.480 e. The van der Waals surface area contributed by atoms with Crippen LogP contribution in [0.4, 0.5) is 0 Å². The molecule has 2 N–H and O–H groups in total. The Balaban J connectivity index is 1.64. The van der Waals surface area contributed by atoms with Crippen LogP contribution >= 0.6 is 0 Å². The molecule has 0 bridgehead atoms. The Labute approximate surface area is 189 Å². The molecule has 3 aliphatic heterocycles. The van der Waals surface area contributed by atoms with E-state index in [4.69, 9.17) is 4.74 Å². The van der Waals surface area contributed by atoms with Crippen LogP contribution in [-0.4, -0.2) is 59.1 Å². The van der Waals surface area contributed by atoms with E-state index in [0.29, 0.717) is 31.6 Å². The van der Waals surface area contributed by atoms with Crippen LogP contribution < -0.4 is 5.32 Å². The van der Waals surface area contributed by atoms with Crippen LogP contribution in [0.5, 0.6) is 0 Å². The number of nitrogens with zero attached hydrogens (tertiary/aromatic N) is 1. The van der Waals surface area contributed by atoms with Crippen LogP contribution in [0.15, 0.2) is 36.0 Å². The summed E-state index contributed by atoms with van der Waals surface area (Å²) >= 11 is 0. The van der Waals surface area contributed by atoms with Gasteiger partial charge in [0.1, 0.15) is 12.6 Å². The van der Waals surface area contributed by atoms with Crippen molar-refractivity contribution in [1.82, 2.24) is 10.2 Å². The number of carboxylic acid groups (broad SMARTS) is 1. The molecule has 4 aliphatic rings. The zero-order valence-electron chi connectivity index (χ0n) is 19.0. The van der Waals surface area contributed by atoms with Gasteiger partial charge in [0, 0.05) is 18.9 Å². The highest BCUT2D eigenvalue weighted by Crippen LogP contribution is 2.49. The van der Waals surface area contributed by atoms with Crippen molar-refractivity contribution in [3.05, 3.63) is 36.0 Å². The number of nitrogens with one attached hydrogen (secondary N) is 1. The number of rotatable bonds is 5. The highest BCUT2D eigenvalue weighted by atomic mass is 16.5. The number of likely N-dealkylation sites (tertiary alicyclic amines) is 1. The lowest BCUT2D eigenvalue weighted by molar-refractivity contribution is -0.142. The Morgan fingerprint density at radius 3 is 2.88 bits per heavy atom. The van der Waals surface area contributed by atoms with E-state index in [0.717, 1.165) is 31.4 Å². The lowest BCUT2D eigenvalue weighted by Gasteiger charge is -2.49. The van der Waals surface area contributed by atoms with Crippen molar-refractivity contribution in [2.45, 2.75) is 57.5 Å². The van der Waals surface area contributed by atoms with Gasteiger partial charge in [-0.05, 0) is 63.0 Å². The smallest absolute Gasteiger partial charge is 0.338 e. The number of ether oxygens (including phenoxy) is 1. The Morgan fingerprint density at radius 2 is 2.19 bits per heavy atom. The molecule has 0 aromatic rings. The molecule has 1 saturated carbocycles. The fourth-order valence-electron chi connectivity index (χ4n) is 6.46. The fourth-order valence-corrected chi connectivity index (χ4v) is 6.46. The quantitative estimate of drug-likeness (QED) is 0.502. The molecule has 32 heavy (non-hydrogen) atoms. The minimum Gasteiger partial charge on any atom is -0.480 e. The van der Waals surface area contributed by atoms with Gasteiger partial charge in [0.25, 0.3) is 0 Å². The summed E-state index contributed by atoms with van der Waals surface area (Å²) in [7, 11) is 0. The molecule has 0 aromatic carbocycles. The number of amides is 1. The van der Waals surface area contributed by atoms with Crippen LogP contribution in [0.3, 0.4) is 0 Å². The molecule has 7 nitrogen and oxygen atoms in total. The summed E-state index contributed by atoms with van der Waals surface area (Å²) in [5, 5.41) is 13.0. The first-order chi connectivity index (χ1) is 15.2. The lowest BCUT2D eigenvalue weighted by Crippen LogP contribution is -2.60. The summed E-state index contributed by atoms with van der Waals surface area (Å²) < 4.78 is 5.02. The van der Waals surface area contributed by atoms with Gasteiger partial charge < -0.3 is 15.2 Å². The number of esters is 1. The summed E-state index contributed by atoms with van der Waals surface area (Å²) in [6.07, 6.45) is 9.40. The van der Waals surface area contributed by atoms with E-state index in [1.54, 1.807) is 6.08 Å². The van der Waals surface area contributed by atoms with Gasteiger partial charge in [-0.2, -0.15) is 0 Å². The Morgan fingerprint density at radius 1 is 1.41 bits per heavy atom. The third kappa shape index (κ3) is 4.27. The number of carbonyl (C=O) groups excluding carboxylic acids is 2. The number of cyclic esters (lactones) is 1. The van der Waals surface area contributed by atoms with Crippen molar-refractivity contribution >= 4 is 17.8 Å². The first kappa shape index (κ1) is 22.8. The molecule has 174 valence electrons. The van der Waals surface area contributed by atoms with Gasteiger partial charge >= 0.3 is 11.9 Å². The van der Waals surface area contributed by atoms with Crippen LogP contribution in [0.1, 0.15) is 46.0 Å². The van der Waals surface area contributed by atoms with Gasteiger partial charge in [-0.1, -0.05) is 31.2 Å². The highest BCUT2D eigenvalue weighted by Gasteiger charge is 2.51. The number of carboxylic acids is 1. The molecule has 1 aliphatic carbocycles. The Bertz CT molecular complexity index is 878. The second-order valence-electron chi connectivity index (χ2n) is 10.1. The molecule has 3 heterocycles. The Kier molecular flexibility index (Phi) is 6.30. The second-order valence-corrected chi connectivity index (χ2v) is 10.1. The predicted octanol–water partition coefficient (Wildman–Crippen LogP) is 2.69. The maximum absolute atomic E-state index is 12.9. The fraction of sp³-hybridized carbons (Fsp3) is 0.640. The first-order valence-corrected chi connectivity index (χ1v) is 11.7. The molecule has 6 atom stereocenters. The SMILES string of the molecule is C=C1CC[C@H]2[C@@H]([C@@H](C)CC(=O)N[C@@]2(C)CN2CCC[C@H]2C(=O)O)[C@H]1/C=C/C1=CCOC1=O. The van der Waals surface area contributed by atoms with E-state index >= 15 is 0 Å². The third-order valence-electron chi connectivity index (χ3n) is 7.95. The molecule has 0 unspecified atom stereocenters. The van der Waals surface area contributed by atoms with Gasteiger partial charge in [-0.15, -0.1) is 0 Å². The molecule has 0 radical (unpaired) electrons. The average Bonchev–Trinajstić information content (AvgIpc) is 3.32. The molecule has 0 aromatic heterocycles. The van der Waals surface area contributed by atoms with Crippen LogP contribution in [0, 0.1) is 23.7 Å². The number of hydrogen-bond acceptors (Lipinski definition) is 5. The van der Waals surface area contributed by atoms with E-state index in [-0.39, 0.29) is 35.5 Å². The van der Waals surface area contributed by atoms with Crippen molar-refractivity contribution < 1.29 is 24.2 Å². The highest BCUT2D eigenvalue weighted by molar-refractivity contribution is 5.93. The number of aliphatic carboxylic acids is 1. The summed E-state index contributed by atoms with van der Waals surface area (Å²) in [6.45, 7) is 10.1. The maximum atomic E-state index is 12.9. The van der Waals surface area contributed by atoms with E-state index in [9.17, 15) is 19.5 Å². The van der Waals surface area contributed by atoms with E-state index in [1.807, 2.05) is 11.0 Å². The van der Waals surface area contributed by atoms with Crippen molar-refractivity contribution in [2.75, 3.05) is 19.7 Å². The van der Waals surface area contributed by atoms with E-state index < -0.39 is 17.6 Å². The second kappa shape index (κ2) is 8.85. The lowest BCUT2D eigenvalue weighted by atomic mass is 9.59. The molecule has 4 rings (SSSR count). The number of fused-ring (bicyclic) bond motifs is 1. The third-order valence-corrected chi connectivity index (χ3v) is 7.95. The minimum absolute atomic E-state index is 0.0240. The van der Waals surface area contributed by atoms with Crippen LogP contribution in [-0.2, 0) is 19.1 Å². The summed E-state index contributed by atoms with van der Waals surface area (Å²) in [4.78, 5) is 38.6. The normalized spacial score (nSPS) is 38.2. The summed E-state index contributed by atoms with van der Waals surface area (Å²) in [6, 6.07) is -0.489. The average molecular weight is 443 g/mol. The monoisotopic (exact) mass is 442 g/mol.